The number of aromatic carboxylic acids is 2. The predicted octanol–water partition coefficient (Wildman–Crippen LogP) is 7.04. The van der Waals surface area contributed by atoms with E-state index in [-0.39, 0.29) is 22.8 Å². The van der Waals surface area contributed by atoms with Crippen molar-refractivity contribution in [2.24, 2.45) is 20.5 Å². The van der Waals surface area contributed by atoms with Gasteiger partial charge in [-0.2, -0.15) is 10.2 Å². The van der Waals surface area contributed by atoms with E-state index < -0.39 is 11.9 Å². The molecule has 4 heterocycles. The number of nitrogen functional groups attached to an aromatic ring is 2. The van der Waals surface area contributed by atoms with Gasteiger partial charge in [0, 0.05) is 11.5 Å². The van der Waals surface area contributed by atoms with Crippen molar-refractivity contribution >= 4 is 91.4 Å². The van der Waals surface area contributed by atoms with E-state index in [0.29, 0.717) is 44.4 Å². The molecule has 0 saturated heterocycles. The predicted molar refractivity (Wildman–Crippen MR) is 194 cm³/mol. The molecular formula is C29H26N14O4S4. The van der Waals surface area contributed by atoms with Crippen molar-refractivity contribution in [3.8, 4) is 11.4 Å². The minimum atomic E-state index is -1.05. The smallest absolute Gasteiger partial charge is 0.335 e. The highest BCUT2D eigenvalue weighted by Crippen LogP contribution is 2.35. The van der Waals surface area contributed by atoms with Gasteiger partial charge in [0.25, 0.3) is 10.3 Å². The Bertz CT molecular complexity index is 2140. The van der Waals surface area contributed by atoms with Crippen molar-refractivity contribution in [2.75, 3.05) is 23.0 Å². The second kappa shape index (κ2) is 15.5. The zero-order chi connectivity index (χ0) is 36.1. The van der Waals surface area contributed by atoms with E-state index in [0.717, 1.165) is 26.6 Å². The number of benzene rings is 2. The maximum Gasteiger partial charge on any atom is 0.335 e. The first-order valence-electron chi connectivity index (χ1n) is 14.7. The molecule has 6 rings (SSSR count). The van der Waals surface area contributed by atoms with Crippen LogP contribution < -0.4 is 11.5 Å². The molecule has 4 aromatic heterocycles. The number of carbonyl (C=O) groups is 2. The highest BCUT2D eigenvalue weighted by molar-refractivity contribution is 8.01. The molecule has 0 aliphatic heterocycles. The summed E-state index contributed by atoms with van der Waals surface area (Å²) in [4.78, 5) is 22.7. The molecule has 0 radical (unpaired) electrons. The number of hydrogen-bond donors (Lipinski definition) is 4. The third-order valence-electron chi connectivity index (χ3n) is 6.80. The van der Waals surface area contributed by atoms with E-state index in [1.54, 1.807) is 61.6 Å². The van der Waals surface area contributed by atoms with Gasteiger partial charge in [0.1, 0.15) is 0 Å². The topological polar surface area (TPSA) is 263 Å². The first-order chi connectivity index (χ1) is 24.6. The van der Waals surface area contributed by atoms with Gasteiger partial charge in [-0.1, -0.05) is 58.3 Å². The number of hydrogen-bond acceptors (Lipinski definition) is 18. The fraction of sp³-hybridized carbons (Fsp3) is 0.172. The summed E-state index contributed by atoms with van der Waals surface area (Å²) in [6.45, 7) is 3.46. The van der Waals surface area contributed by atoms with E-state index in [4.69, 9.17) is 11.5 Å². The van der Waals surface area contributed by atoms with Crippen LogP contribution in [0.15, 0.2) is 77.7 Å². The minimum absolute atomic E-state index is 0.113. The quantitative estimate of drug-likeness (QED) is 0.0492. The first kappa shape index (κ1) is 35.3. The first-order valence-corrected chi connectivity index (χ1v) is 18.3. The van der Waals surface area contributed by atoms with E-state index >= 15 is 0 Å². The van der Waals surface area contributed by atoms with Crippen LogP contribution in [0.4, 0.5) is 33.3 Å². The molecule has 0 aliphatic carbocycles. The lowest BCUT2D eigenvalue weighted by atomic mass is 10.2. The number of rotatable bonds is 14. The summed E-state index contributed by atoms with van der Waals surface area (Å²) >= 11 is 5.69. The molecule has 2 aromatic carbocycles. The van der Waals surface area contributed by atoms with Crippen LogP contribution in [0.1, 0.15) is 38.5 Å². The molecule has 0 spiro atoms. The normalized spacial score (nSPS) is 11.6. The lowest BCUT2D eigenvalue weighted by Crippen LogP contribution is -2.04. The Labute approximate surface area is 304 Å². The number of aromatic nitrogens is 8. The molecule has 0 unspecified atom stereocenters. The maximum atomic E-state index is 11.3. The van der Waals surface area contributed by atoms with Gasteiger partial charge < -0.3 is 21.7 Å². The molecule has 0 aliphatic rings. The molecule has 51 heavy (non-hydrogen) atoms. The molecule has 0 atom stereocenters. The Balaban J connectivity index is 0.979. The van der Waals surface area contributed by atoms with Crippen molar-refractivity contribution < 1.29 is 19.8 Å². The second-order valence-electron chi connectivity index (χ2n) is 10.3. The van der Waals surface area contributed by atoms with Gasteiger partial charge in [0.15, 0.2) is 31.7 Å². The van der Waals surface area contributed by atoms with Crippen LogP contribution in [-0.4, -0.2) is 73.6 Å². The molecule has 18 nitrogen and oxygen atoms in total. The summed E-state index contributed by atoms with van der Waals surface area (Å²) in [6.07, 6.45) is 0.859. The van der Waals surface area contributed by atoms with Crippen molar-refractivity contribution in [3.63, 3.8) is 0 Å². The molecule has 22 heteroatoms. The third kappa shape index (κ3) is 8.25. The number of thioether (sulfide) groups is 2. The van der Waals surface area contributed by atoms with Crippen molar-refractivity contribution in [1.29, 1.82) is 0 Å². The van der Waals surface area contributed by atoms with Gasteiger partial charge in [0.2, 0.25) is 0 Å². The van der Waals surface area contributed by atoms with Crippen LogP contribution in [0.25, 0.3) is 11.4 Å². The number of anilines is 2. The van der Waals surface area contributed by atoms with E-state index in [2.05, 4.69) is 51.0 Å². The van der Waals surface area contributed by atoms with Gasteiger partial charge >= 0.3 is 11.9 Å². The summed E-state index contributed by atoms with van der Waals surface area (Å²) in [6, 6.07) is 12.6. The van der Waals surface area contributed by atoms with Gasteiger partial charge in [-0.15, -0.1) is 40.9 Å². The SMILES string of the molecule is Cc1nn(-c2cccc(C(=O)O)c2)c(N)c1N=Nc1nnc(SCCCSc2nnc(N=Nc3c(C)nn(-c4cccc(C(=O)O)c4)c3N)s2)s1. The third-order valence-corrected chi connectivity index (χ3v) is 10.9. The summed E-state index contributed by atoms with van der Waals surface area (Å²) in [5, 5.41) is 61.5. The highest BCUT2D eigenvalue weighted by Gasteiger charge is 2.17. The van der Waals surface area contributed by atoms with E-state index in [1.807, 2.05) is 0 Å². The van der Waals surface area contributed by atoms with Crippen molar-refractivity contribution in [3.05, 3.63) is 71.0 Å². The molecule has 0 fully saturated rings. The fourth-order valence-electron chi connectivity index (χ4n) is 4.42. The van der Waals surface area contributed by atoms with Crippen LogP contribution in [0, 0.1) is 13.8 Å². The Morgan fingerprint density at radius 1 is 0.706 bits per heavy atom. The second-order valence-corrected chi connectivity index (χ2v) is 14.9. The highest BCUT2D eigenvalue weighted by atomic mass is 32.2. The molecule has 0 saturated carbocycles. The van der Waals surface area contributed by atoms with Crippen LogP contribution in [0.2, 0.25) is 0 Å². The fourth-order valence-corrected chi connectivity index (χ4v) is 7.95. The molecule has 260 valence electrons. The summed E-state index contributed by atoms with van der Waals surface area (Å²) in [7, 11) is 0. The lowest BCUT2D eigenvalue weighted by Gasteiger charge is -2.04. The molecule has 6 aromatic rings. The number of azo groups is 2. The van der Waals surface area contributed by atoms with Gasteiger partial charge in [-0.25, -0.2) is 19.0 Å². The zero-order valence-corrected chi connectivity index (χ0v) is 29.9. The van der Waals surface area contributed by atoms with E-state index in [9.17, 15) is 19.8 Å². The summed E-state index contributed by atoms with van der Waals surface area (Å²) in [5.74, 6) is -0.0924. The largest absolute Gasteiger partial charge is 0.478 e. The Kier molecular flexibility index (Phi) is 10.7. The molecular weight excluding hydrogens is 737 g/mol. The van der Waals surface area contributed by atoms with Gasteiger partial charge in [-0.3, -0.25) is 0 Å². The standard InChI is InChI=1S/C29H26N14O4S4/c1-14-20(22(30)42(40-14)18-8-3-6-16(12-18)24(44)45)32-34-26-36-38-28(50-26)48-10-5-11-49-29-39-37-27(51-29)35-33-21-15(2)41-43(23(21)31)19-9-4-7-17(13-19)25(46)47/h3-4,6-9,12-13H,5,10-11,30-31H2,1-2H3,(H,44,45)(H,46,47). The maximum absolute atomic E-state index is 11.3. The number of aryl methyl sites for hydroxylation is 2. The molecule has 0 amide bonds. The monoisotopic (exact) mass is 762 g/mol. The molecule has 0 bridgehead atoms. The number of carboxylic acid groups (broad SMARTS) is 2. The summed E-state index contributed by atoms with van der Waals surface area (Å²) in [5.41, 5.74) is 15.5. The number of carboxylic acids is 2. The van der Waals surface area contributed by atoms with Gasteiger partial charge in [-0.05, 0) is 56.7 Å². The van der Waals surface area contributed by atoms with Gasteiger partial charge in [0.05, 0.1) is 33.9 Å². The average molecular weight is 763 g/mol. The van der Waals surface area contributed by atoms with Crippen molar-refractivity contribution in [2.45, 2.75) is 28.9 Å². The minimum Gasteiger partial charge on any atom is -0.478 e. The lowest BCUT2D eigenvalue weighted by molar-refractivity contribution is 0.0686. The Morgan fingerprint density at radius 2 is 1.14 bits per heavy atom. The van der Waals surface area contributed by atoms with Crippen molar-refractivity contribution in [1.82, 2.24) is 40.0 Å². The Hall–Kier alpha value is -5.58. The number of nitrogens with zero attached hydrogens (tertiary/aromatic N) is 12. The Morgan fingerprint density at radius 3 is 1.55 bits per heavy atom. The summed E-state index contributed by atoms with van der Waals surface area (Å²) < 4.78 is 4.32. The molecule has 6 N–H and O–H groups in total. The van der Waals surface area contributed by atoms with Crippen LogP contribution in [0.5, 0.6) is 0 Å². The van der Waals surface area contributed by atoms with Crippen LogP contribution in [-0.2, 0) is 0 Å². The zero-order valence-electron chi connectivity index (χ0n) is 26.6. The number of nitrogens with two attached hydrogens (primary N) is 2. The van der Waals surface area contributed by atoms with Crippen LogP contribution in [0.3, 0.4) is 0 Å². The van der Waals surface area contributed by atoms with Crippen LogP contribution >= 0.6 is 46.2 Å². The average Bonchev–Trinajstić information content (AvgIpc) is 3.90. The van der Waals surface area contributed by atoms with E-state index in [1.165, 1.54) is 56.3 Å².